The minimum absolute atomic E-state index is 0.870. The highest BCUT2D eigenvalue weighted by molar-refractivity contribution is 6.21. The van der Waals surface area contributed by atoms with Crippen LogP contribution in [0, 0.1) is 0 Å². The van der Waals surface area contributed by atoms with E-state index < -0.39 is 0 Å². The van der Waals surface area contributed by atoms with Gasteiger partial charge in [-0.25, -0.2) is 0 Å². The van der Waals surface area contributed by atoms with E-state index in [4.69, 9.17) is 8.83 Å². The summed E-state index contributed by atoms with van der Waals surface area (Å²) in [5.41, 5.74) is 11.5. The van der Waals surface area contributed by atoms with Gasteiger partial charge in [0.2, 0.25) is 0 Å². The van der Waals surface area contributed by atoms with Gasteiger partial charge < -0.3 is 13.7 Å². The van der Waals surface area contributed by atoms with Gasteiger partial charge in [0, 0.05) is 44.7 Å². The maximum atomic E-state index is 6.33. The fourth-order valence-corrected chi connectivity index (χ4v) is 7.36. The van der Waals surface area contributed by atoms with Crippen LogP contribution in [0.3, 0.4) is 0 Å². The number of anilines is 3. The molecule has 0 aliphatic rings. The molecule has 10 aromatic rings. The molecule has 230 valence electrons. The summed E-state index contributed by atoms with van der Waals surface area (Å²) >= 11 is 0. The molecule has 0 spiro atoms. The van der Waals surface area contributed by atoms with Crippen LogP contribution in [0.1, 0.15) is 0 Å². The van der Waals surface area contributed by atoms with Crippen molar-refractivity contribution in [2.75, 3.05) is 4.90 Å². The van der Waals surface area contributed by atoms with Crippen LogP contribution >= 0.6 is 0 Å². The molecule has 0 amide bonds. The van der Waals surface area contributed by atoms with Gasteiger partial charge in [-0.3, -0.25) is 0 Å². The molecule has 3 heteroatoms. The highest BCUT2D eigenvalue weighted by Crippen LogP contribution is 2.42. The molecule has 0 radical (unpaired) electrons. The topological polar surface area (TPSA) is 29.5 Å². The average Bonchev–Trinajstić information content (AvgIpc) is 3.74. The third kappa shape index (κ3) is 4.51. The fourth-order valence-electron chi connectivity index (χ4n) is 7.36. The Hall–Kier alpha value is -6.58. The minimum Gasteiger partial charge on any atom is -0.456 e. The van der Waals surface area contributed by atoms with Crippen molar-refractivity contribution in [3.63, 3.8) is 0 Å². The lowest BCUT2D eigenvalue weighted by atomic mass is 9.95. The third-order valence-corrected chi connectivity index (χ3v) is 9.69. The van der Waals surface area contributed by atoms with Crippen molar-refractivity contribution in [2.24, 2.45) is 0 Å². The molecule has 0 saturated heterocycles. The summed E-state index contributed by atoms with van der Waals surface area (Å²) in [6.07, 6.45) is 0. The zero-order chi connectivity index (χ0) is 32.3. The molecule has 0 unspecified atom stereocenters. The van der Waals surface area contributed by atoms with Crippen molar-refractivity contribution in [3.8, 4) is 22.3 Å². The van der Waals surface area contributed by atoms with Crippen LogP contribution < -0.4 is 4.90 Å². The van der Waals surface area contributed by atoms with Crippen molar-refractivity contribution < 1.29 is 8.83 Å². The van der Waals surface area contributed by atoms with E-state index in [0.717, 1.165) is 66.5 Å². The van der Waals surface area contributed by atoms with Gasteiger partial charge in [0.1, 0.15) is 22.3 Å². The number of hydrogen-bond donors (Lipinski definition) is 0. The van der Waals surface area contributed by atoms with Crippen molar-refractivity contribution in [1.82, 2.24) is 0 Å². The quantitative estimate of drug-likeness (QED) is 0.190. The first-order chi connectivity index (χ1) is 24.3. The predicted octanol–water partition coefficient (Wildman–Crippen LogP) is 13.4. The van der Waals surface area contributed by atoms with Crippen molar-refractivity contribution in [2.45, 2.75) is 0 Å². The summed E-state index contributed by atoms with van der Waals surface area (Å²) in [4.78, 5) is 2.30. The summed E-state index contributed by atoms with van der Waals surface area (Å²) in [6, 6.07) is 62.1. The Kier molecular flexibility index (Phi) is 6.18. The normalized spacial score (nSPS) is 11.7. The van der Waals surface area contributed by atoms with E-state index in [1.807, 2.05) is 24.3 Å². The molecule has 2 heterocycles. The van der Waals surface area contributed by atoms with Crippen LogP contribution in [0.15, 0.2) is 185 Å². The Bertz CT molecular complexity index is 2810. The van der Waals surface area contributed by atoms with Gasteiger partial charge in [-0.05, 0) is 87.6 Å². The lowest BCUT2D eigenvalue weighted by Gasteiger charge is -2.26. The largest absolute Gasteiger partial charge is 0.456 e. The van der Waals surface area contributed by atoms with E-state index in [-0.39, 0.29) is 0 Å². The Morgan fingerprint density at radius 2 is 0.857 bits per heavy atom. The first-order valence-electron chi connectivity index (χ1n) is 16.6. The van der Waals surface area contributed by atoms with E-state index in [0.29, 0.717) is 0 Å². The molecule has 0 N–H and O–H groups in total. The van der Waals surface area contributed by atoms with Gasteiger partial charge in [0.25, 0.3) is 0 Å². The molecule has 3 nitrogen and oxygen atoms in total. The second-order valence-electron chi connectivity index (χ2n) is 12.5. The van der Waals surface area contributed by atoms with Gasteiger partial charge in [-0.15, -0.1) is 0 Å². The average molecular weight is 628 g/mol. The van der Waals surface area contributed by atoms with Gasteiger partial charge >= 0.3 is 0 Å². The SMILES string of the molecule is c1ccc(-c2ccc(N(c3ccc(-c4cccc5c4ccc4oc6ccccc6c45)cc3)c3ccc4c(c3)oc3ccccc34)cc2)cc1. The first-order valence-corrected chi connectivity index (χ1v) is 16.6. The van der Waals surface area contributed by atoms with Gasteiger partial charge in [-0.2, -0.15) is 0 Å². The van der Waals surface area contributed by atoms with E-state index in [1.54, 1.807) is 0 Å². The summed E-state index contributed by atoms with van der Waals surface area (Å²) in [6.45, 7) is 0. The number of rotatable bonds is 5. The summed E-state index contributed by atoms with van der Waals surface area (Å²) < 4.78 is 12.5. The van der Waals surface area contributed by atoms with Crippen LogP contribution in [0.5, 0.6) is 0 Å². The van der Waals surface area contributed by atoms with E-state index in [9.17, 15) is 0 Å². The number of fused-ring (bicyclic) bond motifs is 8. The molecule has 2 aromatic heterocycles. The number of furan rings is 2. The standard InChI is InChI=1S/C46H29NO2/c1-2-9-30(10-3-1)31-17-21-33(22-18-31)47(35-25-26-39-38-11-4-6-15-42(38)49-45(39)29-35)34-23-19-32(20-24-34)36-13-8-14-40-37(36)27-28-44-46(40)41-12-5-7-16-43(41)48-44/h1-29H. The second-order valence-corrected chi connectivity index (χ2v) is 12.5. The van der Waals surface area contributed by atoms with Crippen LogP contribution in [0.2, 0.25) is 0 Å². The molecule has 0 fully saturated rings. The van der Waals surface area contributed by atoms with E-state index in [2.05, 4.69) is 157 Å². The maximum absolute atomic E-state index is 6.33. The smallest absolute Gasteiger partial charge is 0.137 e. The molecule has 0 bridgehead atoms. The molecular weight excluding hydrogens is 599 g/mol. The monoisotopic (exact) mass is 627 g/mol. The predicted molar refractivity (Wildman–Crippen MR) is 204 cm³/mol. The third-order valence-electron chi connectivity index (χ3n) is 9.69. The van der Waals surface area contributed by atoms with E-state index in [1.165, 1.54) is 27.5 Å². The van der Waals surface area contributed by atoms with E-state index >= 15 is 0 Å². The molecule has 49 heavy (non-hydrogen) atoms. The highest BCUT2D eigenvalue weighted by atomic mass is 16.3. The zero-order valence-corrected chi connectivity index (χ0v) is 26.5. The Morgan fingerprint density at radius 3 is 1.63 bits per heavy atom. The van der Waals surface area contributed by atoms with Gasteiger partial charge in [0.05, 0.1) is 0 Å². The Labute approximate surface area is 282 Å². The van der Waals surface area contributed by atoms with Crippen LogP contribution in [0.25, 0.3) is 76.9 Å². The number of benzene rings is 8. The molecule has 0 aliphatic heterocycles. The van der Waals surface area contributed by atoms with Crippen molar-refractivity contribution in [1.29, 1.82) is 0 Å². The van der Waals surface area contributed by atoms with Crippen LogP contribution in [0.4, 0.5) is 17.1 Å². The molecule has 10 rings (SSSR count). The number of nitrogens with zero attached hydrogens (tertiary/aromatic N) is 1. The first kappa shape index (κ1) is 27.5. The van der Waals surface area contributed by atoms with Crippen molar-refractivity contribution >= 4 is 71.7 Å². The molecule has 8 aromatic carbocycles. The zero-order valence-electron chi connectivity index (χ0n) is 26.5. The van der Waals surface area contributed by atoms with Crippen LogP contribution in [-0.2, 0) is 0 Å². The molecule has 0 saturated carbocycles. The van der Waals surface area contributed by atoms with Gasteiger partial charge in [-0.1, -0.05) is 115 Å². The highest BCUT2D eigenvalue weighted by Gasteiger charge is 2.17. The van der Waals surface area contributed by atoms with Crippen LogP contribution in [-0.4, -0.2) is 0 Å². The summed E-state index contributed by atoms with van der Waals surface area (Å²) in [7, 11) is 0. The number of hydrogen-bond acceptors (Lipinski definition) is 3. The summed E-state index contributed by atoms with van der Waals surface area (Å²) in [5.74, 6) is 0. The van der Waals surface area contributed by atoms with Crippen molar-refractivity contribution in [3.05, 3.63) is 176 Å². The molecular formula is C46H29NO2. The molecule has 0 aliphatic carbocycles. The maximum Gasteiger partial charge on any atom is 0.137 e. The summed E-state index contributed by atoms with van der Waals surface area (Å²) in [5, 5.41) is 6.96. The fraction of sp³-hybridized carbons (Fsp3) is 0. The second kappa shape index (κ2) is 11.0. The Morgan fingerprint density at radius 1 is 0.306 bits per heavy atom. The lowest BCUT2D eigenvalue weighted by Crippen LogP contribution is -2.09. The minimum atomic E-state index is 0.870. The molecule has 0 atom stereocenters. The lowest BCUT2D eigenvalue weighted by molar-refractivity contribution is 0.668. The van der Waals surface area contributed by atoms with Gasteiger partial charge in [0.15, 0.2) is 0 Å². The Balaban J connectivity index is 1.09. The number of para-hydroxylation sites is 2.